The number of carbonyl (C=O) groups is 2. The smallest absolute Gasteiger partial charge is 0.227 e. The molecule has 0 saturated heterocycles. The molecule has 6 nitrogen and oxygen atoms in total. The maximum atomic E-state index is 13.1. The number of amides is 2. The molecular formula is C27H40N4O2S. The van der Waals surface area contributed by atoms with Gasteiger partial charge in [0.05, 0.1) is 0 Å². The average Bonchev–Trinajstić information content (AvgIpc) is 3.33. The molecule has 0 unspecified atom stereocenters. The molecule has 2 aromatic rings. The summed E-state index contributed by atoms with van der Waals surface area (Å²) in [6, 6.07) is 10.1. The van der Waals surface area contributed by atoms with Crippen LogP contribution in [-0.2, 0) is 9.59 Å². The van der Waals surface area contributed by atoms with Crippen LogP contribution in [-0.4, -0.2) is 39.5 Å². The molecule has 0 radical (unpaired) electrons. The van der Waals surface area contributed by atoms with E-state index in [0.29, 0.717) is 24.5 Å². The van der Waals surface area contributed by atoms with Gasteiger partial charge in [-0.1, -0.05) is 106 Å². The Morgan fingerprint density at radius 3 is 2.38 bits per heavy atom. The van der Waals surface area contributed by atoms with Crippen LogP contribution in [0.3, 0.4) is 0 Å². The lowest BCUT2D eigenvalue weighted by Gasteiger charge is -2.34. The first-order valence-electron chi connectivity index (χ1n) is 13.2. The minimum absolute atomic E-state index is 0.111. The number of aromatic nitrogens is 2. The van der Waals surface area contributed by atoms with Crippen LogP contribution < -0.4 is 5.32 Å². The second kappa shape index (κ2) is 14.9. The van der Waals surface area contributed by atoms with Crippen molar-refractivity contribution >= 4 is 28.3 Å². The van der Waals surface area contributed by atoms with Crippen molar-refractivity contribution in [3.8, 4) is 10.6 Å². The summed E-state index contributed by atoms with van der Waals surface area (Å²) in [5.74, 6) is 0.107. The highest BCUT2D eigenvalue weighted by atomic mass is 32.1. The molecule has 1 aromatic carbocycles. The van der Waals surface area contributed by atoms with Gasteiger partial charge in [-0.25, -0.2) is 0 Å². The summed E-state index contributed by atoms with van der Waals surface area (Å²) in [4.78, 5) is 27.7. The van der Waals surface area contributed by atoms with Gasteiger partial charge in [0.15, 0.2) is 0 Å². The van der Waals surface area contributed by atoms with E-state index in [9.17, 15) is 9.59 Å². The fourth-order valence-corrected chi connectivity index (χ4v) is 5.42. The van der Waals surface area contributed by atoms with Gasteiger partial charge in [-0.05, 0) is 19.3 Å². The lowest BCUT2D eigenvalue weighted by atomic mass is 9.93. The van der Waals surface area contributed by atoms with Gasteiger partial charge in [0, 0.05) is 31.0 Å². The van der Waals surface area contributed by atoms with Crippen LogP contribution in [0.1, 0.15) is 96.8 Å². The first-order chi connectivity index (χ1) is 16.7. The Hall–Kier alpha value is -2.28. The summed E-state index contributed by atoms with van der Waals surface area (Å²) in [7, 11) is 0. The van der Waals surface area contributed by atoms with E-state index in [0.717, 1.165) is 36.3 Å². The predicted molar refractivity (Wildman–Crippen MR) is 140 cm³/mol. The lowest BCUT2D eigenvalue weighted by Crippen LogP contribution is -2.43. The molecule has 0 bridgehead atoms. The molecule has 186 valence electrons. The SMILES string of the molecule is CCCCCCCCCC(=O)N(CCC(=O)Nc1nnc(-c2ccccc2)s1)C1CCCCC1. The first-order valence-corrected chi connectivity index (χ1v) is 14.0. The maximum Gasteiger partial charge on any atom is 0.227 e. The zero-order chi connectivity index (χ0) is 24.0. The van der Waals surface area contributed by atoms with E-state index in [1.165, 1.54) is 62.7 Å². The number of hydrogen-bond donors (Lipinski definition) is 1. The van der Waals surface area contributed by atoms with Crippen LogP contribution in [0.4, 0.5) is 5.13 Å². The quantitative estimate of drug-likeness (QED) is 0.298. The maximum absolute atomic E-state index is 13.1. The summed E-state index contributed by atoms with van der Waals surface area (Å²) in [6.07, 6.45) is 15.0. The first kappa shape index (κ1) is 26.3. The number of carbonyl (C=O) groups excluding carboxylic acids is 2. The van der Waals surface area contributed by atoms with E-state index in [1.807, 2.05) is 35.2 Å². The summed E-state index contributed by atoms with van der Waals surface area (Å²) in [5.41, 5.74) is 0.986. The summed E-state index contributed by atoms with van der Waals surface area (Å²) >= 11 is 1.37. The molecule has 34 heavy (non-hydrogen) atoms. The standard InChI is InChI=1S/C27H40N4O2S/c1-2-3-4-5-6-7-14-19-25(33)31(23-17-12-9-13-18-23)21-20-24(32)28-27-30-29-26(34-27)22-15-10-8-11-16-22/h8,10-11,15-16,23H,2-7,9,12-14,17-21H2,1H3,(H,28,30,32). The molecule has 1 aliphatic carbocycles. The van der Waals surface area contributed by atoms with Gasteiger partial charge < -0.3 is 10.2 Å². The van der Waals surface area contributed by atoms with E-state index >= 15 is 0 Å². The van der Waals surface area contributed by atoms with Gasteiger partial charge in [0.2, 0.25) is 16.9 Å². The third-order valence-electron chi connectivity index (χ3n) is 6.60. The molecule has 1 aromatic heterocycles. The van der Waals surface area contributed by atoms with Crippen molar-refractivity contribution in [2.24, 2.45) is 0 Å². The van der Waals surface area contributed by atoms with Gasteiger partial charge in [-0.15, -0.1) is 10.2 Å². The molecule has 0 aliphatic heterocycles. The predicted octanol–water partition coefficient (Wildman–Crippen LogP) is 6.84. The molecule has 3 rings (SSSR count). The Morgan fingerprint density at radius 1 is 0.941 bits per heavy atom. The normalized spacial score (nSPS) is 14.1. The molecular weight excluding hydrogens is 444 g/mol. The van der Waals surface area contributed by atoms with Crippen LogP contribution in [0, 0.1) is 0 Å². The number of nitrogens with zero attached hydrogens (tertiary/aromatic N) is 3. The fraction of sp³-hybridized carbons (Fsp3) is 0.630. The molecule has 1 saturated carbocycles. The molecule has 1 N–H and O–H groups in total. The zero-order valence-corrected chi connectivity index (χ0v) is 21.5. The highest BCUT2D eigenvalue weighted by molar-refractivity contribution is 7.18. The summed E-state index contributed by atoms with van der Waals surface area (Å²) < 4.78 is 0. The van der Waals surface area contributed by atoms with Crippen LogP contribution in [0.15, 0.2) is 30.3 Å². The minimum Gasteiger partial charge on any atom is -0.339 e. The van der Waals surface area contributed by atoms with Crippen molar-refractivity contribution in [3.63, 3.8) is 0 Å². The highest BCUT2D eigenvalue weighted by Gasteiger charge is 2.25. The van der Waals surface area contributed by atoms with Gasteiger partial charge in [0.1, 0.15) is 5.01 Å². The number of hydrogen-bond acceptors (Lipinski definition) is 5. The highest BCUT2D eigenvalue weighted by Crippen LogP contribution is 2.27. The van der Waals surface area contributed by atoms with Gasteiger partial charge in [-0.2, -0.15) is 0 Å². The molecule has 1 fully saturated rings. The monoisotopic (exact) mass is 484 g/mol. The van der Waals surface area contributed by atoms with Crippen molar-refractivity contribution in [3.05, 3.63) is 30.3 Å². The van der Waals surface area contributed by atoms with Crippen LogP contribution in [0.5, 0.6) is 0 Å². The van der Waals surface area contributed by atoms with Crippen molar-refractivity contribution in [2.45, 2.75) is 103 Å². The van der Waals surface area contributed by atoms with Crippen LogP contribution in [0.2, 0.25) is 0 Å². The molecule has 0 spiro atoms. The number of nitrogens with one attached hydrogen (secondary N) is 1. The third-order valence-corrected chi connectivity index (χ3v) is 7.49. The third kappa shape index (κ3) is 8.82. The number of benzene rings is 1. The van der Waals surface area contributed by atoms with Crippen LogP contribution in [0.25, 0.3) is 10.6 Å². The second-order valence-corrected chi connectivity index (χ2v) is 10.3. The van der Waals surface area contributed by atoms with Crippen molar-refractivity contribution in [1.82, 2.24) is 15.1 Å². The molecule has 2 amide bonds. The number of rotatable bonds is 14. The molecule has 7 heteroatoms. The van der Waals surface area contributed by atoms with Crippen molar-refractivity contribution in [2.75, 3.05) is 11.9 Å². The van der Waals surface area contributed by atoms with Crippen LogP contribution >= 0.6 is 11.3 Å². The van der Waals surface area contributed by atoms with E-state index in [4.69, 9.17) is 0 Å². The summed E-state index contributed by atoms with van der Waals surface area (Å²) in [6.45, 7) is 2.71. The van der Waals surface area contributed by atoms with Gasteiger partial charge >= 0.3 is 0 Å². The van der Waals surface area contributed by atoms with Gasteiger partial charge in [0.25, 0.3) is 0 Å². The fourth-order valence-electron chi connectivity index (χ4n) is 4.66. The van der Waals surface area contributed by atoms with Gasteiger partial charge in [-0.3, -0.25) is 9.59 Å². The van der Waals surface area contributed by atoms with E-state index in [-0.39, 0.29) is 17.9 Å². The minimum atomic E-state index is -0.111. The Morgan fingerprint density at radius 2 is 1.65 bits per heavy atom. The second-order valence-electron chi connectivity index (χ2n) is 9.33. The Labute approximate surface area is 208 Å². The largest absolute Gasteiger partial charge is 0.339 e. The van der Waals surface area contributed by atoms with Crippen molar-refractivity contribution < 1.29 is 9.59 Å². The van der Waals surface area contributed by atoms with Crippen molar-refractivity contribution in [1.29, 1.82) is 0 Å². The average molecular weight is 485 g/mol. The summed E-state index contributed by atoms with van der Waals surface area (Å²) in [5, 5.41) is 12.5. The molecule has 1 heterocycles. The lowest BCUT2D eigenvalue weighted by molar-refractivity contribution is -0.134. The number of anilines is 1. The molecule has 0 atom stereocenters. The topological polar surface area (TPSA) is 75.2 Å². The Kier molecular flexibility index (Phi) is 11.5. The Balaban J connectivity index is 1.47. The van der Waals surface area contributed by atoms with E-state index in [2.05, 4.69) is 22.4 Å². The zero-order valence-electron chi connectivity index (χ0n) is 20.6. The van der Waals surface area contributed by atoms with E-state index < -0.39 is 0 Å². The molecule has 1 aliphatic rings. The Bertz CT molecular complexity index is 865. The number of unbranched alkanes of at least 4 members (excludes halogenated alkanes) is 6. The van der Waals surface area contributed by atoms with E-state index in [1.54, 1.807) is 0 Å².